The van der Waals surface area contributed by atoms with Gasteiger partial charge >= 0.3 is 11.9 Å². The molecule has 2 aliphatic carbocycles. The maximum absolute atomic E-state index is 13.0. The number of hydrogen-bond acceptors (Lipinski definition) is 4. The van der Waals surface area contributed by atoms with Crippen molar-refractivity contribution in [2.24, 2.45) is 27.6 Å². The highest BCUT2D eigenvalue weighted by Gasteiger charge is 2.64. The molecule has 0 spiro atoms. The van der Waals surface area contributed by atoms with E-state index in [2.05, 4.69) is 20.8 Å². The quantitative estimate of drug-likeness (QED) is 0.665. The van der Waals surface area contributed by atoms with Gasteiger partial charge in [-0.1, -0.05) is 62.3 Å². The maximum atomic E-state index is 13.0. The van der Waals surface area contributed by atoms with Gasteiger partial charge in [0.15, 0.2) is 0 Å². The Bertz CT molecular complexity index is 628. The van der Waals surface area contributed by atoms with Crippen LogP contribution in [0.2, 0.25) is 0 Å². The van der Waals surface area contributed by atoms with Crippen LogP contribution in [-0.4, -0.2) is 25.2 Å². The Labute approximate surface area is 158 Å². The van der Waals surface area contributed by atoms with Crippen LogP contribution in [0.3, 0.4) is 0 Å². The molecular formula is C22H36O4. The number of carbonyl (C=O) groups excluding carboxylic acids is 2. The lowest BCUT2D eigenvalue weighted by Crippen LogP contribution is -2.34. The average molecular weight is 365 g/mol. The molecule has 4 nitrogen and oxygen atoms in total. The summed E-state index contributed by atoms with van der Waals surface area (Å²) in [6.45, 7) is 19.3. The minimum absolute atomic E-state index is 0.0529. The molecule has 0 radical (unpaired) electrons. The van der Waals surface area contributed by atoms with Gasteiger partial charge in [-0.05, 0) is 35.0 Å². The maximum Gasteiger partial charge on any atom is 0.335 e. The van der Waals surface area contributed by atoms with E-state index in [0.29, 0.717) is 24.4 Å². The van der Waals surface area contributed by atoms with E-state index >= 15 is 0 Å². The highest BCUT2D eigenvalue weighted by molar-refractivity contribution is 6.03. The van der Waals surface area contributed by atoms with Gasteiger partial charge < -0.3 is 9.47 Å². The summed E-state index contributed by atoms with van der Waals surface area (Å²) in [6, 6.07) is 0. The Balaban J connectivity index is 2.37. The third kappa shape index (κ3) is 3.70. The number of ether oxygens (including phenoxy) is 2. The van der Waals surface area contributed by atoms with Gasteiger partial charge in [-0.2, -0.15) is 0 Å². The summed E-state index contributed by atoms with van der Waals surface area (Å²) in [5.74, 6) is -0.637. The summed E-state index contributed by atoms with van der Waals surface area (Å²) in [4.78, 5) is 25.9. The lowest BCUT2D eigenvalue weighted by atomic mass is 9.67. The first-order valence-corrected chi connectivity index (χ1v) is 9.69. The van der Waals surface area contributed by atoms with Gasteiger partial charge in [-0.3, -0.25) is 0 Å². The molecular weight excluding hydrogens is 328 g/mol. The van der Waals surface area contributed by atoms with Crippen molar-refractivity contribution in [2.45, 2.75) is 75.2 Å². The van der Waals surface area contributed by atoms with Crippen LogP contribution < -0.4 is 0 Å². The summed E-state index contributed by atoms with van der Waals surface area (Å²) in [5, 5.41) is 0. The van der Waals surface area contributed by atoms with Crippen molar-refractivity contribution in [2.75, 3.05) is 13.2 Å². The first kappa shape index (κ1) is 21.0. The predicted octanol–water partition coefficient (Wildman–Crippen LogP) is 4.92. The molecule has 0 aromatic carbocycles. The smallest absolute Gasteiger partial charge is 0.335 e. The first-order chi connectivity index (χ1) is 11.6. The molecule has 4 heteroatoms. The van der Waals surface area contributed by atoms with E-state index in [0.717, 1.165) is 12.8 Å². The van der Waals surface area contributed by atoms with Gasteiger partial charge in [-0.25, -0.2) is 9.59 Å². The minimum atomic E-state index is -0.347. The fourth-order valence-electron chi connectivity index (χ4n) is 4.22. The molecule has 0 aromatic heterocycles. The van der Waals surface area contributed by atoms with Crippen LogP contribution in [0, 0.1) is 27.6 Å². The summed E-state index contributed by atoms with van der Waals surface area (Å²) >= 11 is 0. The van der Waals surface area contributed by atoms with Crippen molar-refractivity contribution in [3.05, 3.63) is 11.1 Å². The Morgan fingerprint density at radius 3 is 1.85 bits per heavy atom. The summed E-state index contributed by atoms with van der Waals surface area (Å²) in [6.07, 6.45) is 1.82. The molecule has 1 fully saturated rings. The fourth-order valence-corrected chi connectivity index (χ4v) is 4.22. The number of carbonyl (C=O) groups is 2. The van der Waals surface area contributed by atoms with E-state index < -0.39 is 0 Å². The number of rotatable bonds is 4. The van der Waals surface area contributed by atoms with Gasteiger partial charge in [0.05, 0.1) is 24.4 Å². The van der Waals surface area contributed by atoms with Crippen molar-refractivity contribution in [1.82, 2.24) is 0 Å². The summed E-state index contributed by atoms with van der Waals surface area (Å²) in [5.41, 5.74) is 0.396. The molecule has 2 bridgehead atoms. The third-order valence-electron chi connectivity index (χ3n) is 6.09. The number of fused-ring (bicyclic) bond motifs is 2. The van der Waals surface area contributed by atoms with E-state index in [4.69, 9.17) is 9.47 Å². The van der Waals surface area contributed by atoms with Crippen LogP contribution in [0.4, 0.5) is 0 Å². The SMILES string of the molecule is CC(C)(C)COC(=O)C1=C(C(=O)OCC(C)(C)C)C2(C)CCC1C2(C)C. The molecule has 0 aliphatic heterocycles. The molecule has 0 N–H and O–H groups in total. The van der Waals surface area contributed by atoms with Gasteiger partial charge in [-0.15, -0.1) is 0 Å². The number of hydrogen-bond donors (Lipinski definition) is 0. The van der Waals surface area contributed by atoms with E-state index in [-0.39, 0.29) is 39.5 Å². The molecule has 0 aromatic rings. The van der Waals surface area contributed by atoms with E-state index in [1.165, 1.54) is 0 Å². The molecule has 26 heavy (non-hydrogen) atoms. The van der Waals surface area contributed by atoms with Gasteiger partial charge in [0.1, 0.15) is 0 Å². The molecule has 0 amide bonds. The second-order valence-electron chi connectivity index (χ2n) is 11.2. The molecule has 2 aliphatic rings. The molecule has 2 atom stereocenters. The van der Waals surface area contributed by atoms with Gasteiger partial charge in [0.2, 0.25) is 0 Å². The zero-order chi connectivity index (χ0) is 20.1. The zero-order valence-corrected chi connectivity index (χ0v) is 18.0. The van der Waals surface area contributed by atoms with Crippen molar-refractivity contribution in [3.8, 4) is 0 Å². The summed E-state index contributed by atoms with van der Waals surface area (Å²) in [7, 11) is 0. The van der Waals surface area contributed by atoms with Crippen molar-refractivity contribution >= 4 is 11.9 Å². The largest absolute Gasteiger partial charge is 0.462 e. The minimum Gasteiger partial charge on any atom is -0.462 e. The van der Waals surface area contributed by atoms with Crippen LogP contribution >= 0.6 is 0 Å². The van der Waals surface area contributed by atoms with Crippen molar-refractivity contribution in [1.29, 1.82) is 0 Å². The molecule has 1 saturated carbocycles. The first-order valence-electron chi connectivity index (χ1n) is 9.69. The highest BCUT2D eigenvalue weighted by atomic mass is 16.5. The Hall–Kier alpha value is -1.32. The molecule has 2 unspecified atom stereocenters. The zero-order valence-electron chi connectivity index (χ0n) is 18.0. The second-order valence-corrected chi connectivity index (χ2v) is 11.2. The van der Waals surface area contributed by atoms with Crippen LogP contribution in [-0.2, 0) is 19.1 Å². The van der Waals surface area contributed by atoms with Crippen LogP contribution in [0.5, 0.6) is 0 Å². The predicted molar refractivity (Wildman–Crippen MR) is 102 cm³/mol. The molecule has 0 heterocycles. The number of esters is 2. The third-order valence-corrected chi connectivity index (χ3v) is 6.09. The average Bonchev–Trinajstić information content (AvgIpc) is 2.79. The second kappa shape index (κ2) is 6.38. The van der Waals surface area contributed by atoms with E-state index in [9.17, 15) is 9.59 Å². The van der Waals surface area contributed by atoms with Crippen molar-refractivity contribution < 1.29 is 19.1 Å². The standard InChI is InChI=1S/C22H36O4/c1-19(2,3)12-25-17(23)15-14-10-11-22(9,21(14,7)8)16(15)18(24)26-13-20(4,5)6/h14H,10-13H2,1-9H3. The summed E-state index contributed by atoms with van der Waals surface area (Å²) < 4.78 is 11.2. The monoisotopic (exact) mass is 364 g/mol. The Morgan fingerprint density at radius 1 is 0.923 bits per heavy atom. The fraction of sp³-hybridized carbons (Fsp3) is 0.818. The van der Waals surface area contributed by atoms with E-state index in [1.54, 1.807) is 0 Å². The topological polar surface area (TPSA) is 52.6 Å². The lowest BCUT2D eigenvalue weighted by Gasteiger charge is -2.36. The lowest BCUT2D eigenvalue weighted by molar-refractivity contribution is -0.146. The van der Waals surface area contributed by atoms with Crippen molar-refractivity contribution in [3.63, 3.8) is 0 Å². The van der Waals surface area contributed by atoms with Crippen LogP contribution in [0.15, 0.2) is 11.1 Å². The van der Waals surface area contributed by atoms with Crippen LogP contribution in [0.1, 0.15) is 75.2 Å². The highest BCUT2D eigenvalue weighted by Crippen LogP contribution is 2.68. The Morgan fingerprint density at radius 2 is 1.38 bits per heavy atom. The van der Waals surface area contributed by atoms with Crippen LogP contribution in [0.25, 0.3) is 0 Å². The molecule has 2 rings (SSSR count). The van der Waals surface area contributed by atoms with Gasteiger partial charge in [0.25, 0.3) is 0 Å². The molecule has 0 saturated heterocycles. The molecule has 148 valence electrons. The Kier molecular flexibility index (Phi) is 5.15. The van der Waals surface area contributed by atoms with Gasteiger partial charge in [0, 0.05) is 5.41 Å². The van der Waals surface area contributed by atoms with E-state index in [1.807, 2.05) is 41.5 Å². The normalized spacial score (nSPS) is 27.7.